The number of hydrogen-bond acceptors (Lipinski definition) is 2. The van der Waals surface area contributed by atoms with Crippen molar-refractivity contribution in [3.8, 4) is 0 Å². The van der Waals surface area contributed by atoms with Crippen molar-refractivity contribution in [1.82, 2.24) is 4.57 Å². The molecule has 1 N–H and O–H groups in total. The van der Waals surface area contributed by atoms with Crippen molar-refractivity contribution in [2.75, 3.05) is 0 Å². The average Bonchev–Trinajstić information content (AvgIpc) is 3.05. The number of carboxylic acid groups (broad SMARTS) is 1. The van der Waals surface area contributed by atoms with Crippen LogP contribution >= 0.6 is 11.3 Å². The van der Waals surface area contributed by atoms with E-state index in [1.165, 1.54) is 9.75 Å². The van der Waals surface area contributed by atoms with Gasteiger partial charge in [-0.15, -0.1) is 11.3 Å². The number of hydrogen-bond donors (Lipinski definition) is 1. The highest BCUT2D eigenvalue weighted by molar-refractivity contribution is 7.11. The summed E-state index contributed by atoms with van der Waals surface area (Å²) >= 11 is 1.82. The van der Waals surface area contributed by atoms with Crippen molar-refractivity contribution in [2.24, 2.45) is 0 Å². The molecule has 0 radical (unpaired) electrons. The molecule has 3 nitrogen and oxygen atoms in total. The van der Waals surface area contributed by atoms with Gasteiger partial charge in [0.25, 0.3) is 0 Å². The van der Waals surface area contributed by atoms with E-state index in [1.54, 1.807) is 0 Å². The Kier molecular flexibility index (Phi) is 3.80. The molecule has 0 aliphatic rings. The number of aryl methyl sites for hydroxylation is 1. The maximum Gasteiger partial charge on any atom is 0.307 e. The van der Waals surface area contributed by atoms with E-state index >= 15 is 0 Å². The molecule has 0 saturated carbocycles. The molecule has 108 valence electrons. The molecule has 3 aromatic rings. The van der Waals surface area contributed by atoms with Gasteiger partial charge in [-0.05, 0) is 30.2 Å². The molecule has 0 spiro atoms. The van der Waals surface area contributed by atoms with Gasteiger partial charge in [0.05, 0.1) is 13.0 Å². The summed E-state index contributed by atoms with van der Waals surface area (Å²) in [5, 5.41) is 10.1. The highest BCUT2D eigenvalue weighted by Gasteiger charge is 2.11. The summed E-state index contributed by atoms with van der Waals surface area (Å²) in [6, 6.07) is 12.3. The van der Waals surface area contributed by atoms with Crippen molar-refractivity contribution in [1.29, 1.82) is 0 Å². The molecule has 0 amide bonds. The number of para-hydroxylation sites is 1. The summed E-state index contributed by atoms with van der Waals surface area (Å²) in [5.74, 6) is -0.790. The van der Waals surface area contributed by atoms with E-state index in [9.17, 15) is 4.79 Å². The summed E-state index contributed by atoms with van der Waals surface area (Å²) in [5.41, 5.74) is 1.98. The molecule has 0 fully saturated rings. The third kappa shape index (κ3) is 2.85. The lowest BCUT2D eigenvalue weighted by Gasteiger charge is -2.02. The Morgan fingerprint density at radius 2 is 1.95 bits per heavy atom. The quantitative estimate of drug-likeness (QED) is 0.775. The number of aliphatic carboxylic acids is 1. The summed E-state index contributed by atoms with van der Waals surface area (Å²) in [7, 11) is 0. The van der Waals surface area contributed by atoms with Crippen LogP contribution in [0.3, 0.4) is 0 Å². The van der Waals surface area contributed by atoms with Gasteiger partial charge in [0.1, 0.15) is 0 Å². The Morgan fingerprint density at radius 3 is 2.67 bits per heavy atom. The lowest BCUT2D eigenvalue weighted by Crippen LogP contribution is -1.99. The highest BCUT2D eigenvalue weighted by atomic mass is 32.1. The molecular weight excluding hydrogens is 282 g/mol. The molecule has 0 atom stereocenters. The van der Waals surface area contributed by atoms with Crippen molar-refractivity contribution in [3.63, 3.8) is 0 Å². The van der Waals surface area contributed by atoms with E-state index in [0.717, 1.165) is 29.4 Å². The summed E-state index contributed by atoms with van der Waals surface area (Å²) in [4.78, 5) is 13.7. The molecule has 4 heteroatoms. The number of carboxylic acids is 1. The molecule has 2 aromatic heterocycles. The molecule has 3 rings (SSSR count). The van der Waals surface area contributed by atoms with E-state index in [4.69, 9.17) is 5.11 Å². The second-order valence-corrected chi connectivity index (χ2v) is 6.34. The minimum absolute atomic E-state index is 0.0676. The number of rotatable bonds is 5. The lowest BCUT2D eigenvalue weighted by atomic mass is 10.1. The predicted molar refractivity (Wildman–Crippen MR) is 86.1 cm³/mol. The minimum atomic E-state index is -0.790. The number of thiophene rings is 1. The molecule has 21 heavy (non-hydrogen) atoms. The highest BCUT2D eigenvalue weighted by Crippen LogP contribution is 2.25. The Hall–Kier alpha value is -2.07. The van der Waals surface area contributed by atoms with E-state index in [0.29, 0.717) is 0 Å². The van der Waals surface area contributed by atoms with Crippen LogP contribution in [-0.2, 0) is 24.2 Å². The Bertz CT molecular complexity index is 785. The first kappa shape index (κ1) is 13.9. The summed E-state index contributed by atoms with van der Waals surface area (Å²) in [6.45, 7) is 2.95. The van der Waals surface area contributed by atoms with E-state index < -0.39 is 5.97 Å². The Morgan fingerprint density at radius 1 is 1.19 bits per heavy atom. The van der Waals surface area contributed by atoms with E-state index in [2.05, 4.69) is 29.7 Å². The average molecular weight is 299 g/mol. The first-order valence-corrected chi connectivity index (χ1v) is 7.85. The number of benzene rings is 1. The third-order valence-electron chi connectivity index (χ3n) is 3.60. The van der Waals surface area contributed by atoms with Crippen LogP contribution in [0.15, 0.2) is 42.6 Å². The Balaban J connectivity index is 1.99. The maximum absolute atomic E-state index is 11.0. The van der Waals surface area contributed by atoms with E-state index in [-0.39, 0.29) is 6.42 Å². The van der Waals surface area contributed by atoms with Gasteiger partial charge in [-0.2, -0.15) is 0 Å². The fraction of sp³-hybridized carbons (Fsp3) is 0.235. The van der Waals surface area contributed by atoms with Gasteiger partial charge in [-0.1, -0.05) is 25.1 Å². The zero-order valence-corrected chi connectivity index (χ0v) is 12.7. The van der Waals surface area contributed by atoms with Crippen LogP contribution in [0.25, 0.3) is 10.9 Å². The molecule has 0 unspecified atom stereocenters. The largest absolute Gasteiger partial charge is 0.481 e. The van der Waals surface area contributed by atoms with Gasteiger partial charge >= 0.3 is 5.97 Å². The number of aromatic nitrogens is 1. The first-order chi connectivity index (χ1) is 10.2. The monoisotopic (exact) mass is 299 g/mol. The van der Waals surface area contributed by atoms with Gasteiger partial charge in [0.2, 0.25) is 0 Å². The van der Waals surface area contributed by atoms with Crippen LogP contribution in [0.1, 0.15) is 22.2 Å². The van der Waals surface area contributed by atoms with Crippen LogP contribution in [0.2, 0.25) is 0 Å². The van der Waals surface area contributed by atoms with Gasteiger partial charge in [0.15, 0.2) is 0 Å². The van der Waals surface area contributed by atoms with Gasteiger partial charge < -0.3 is 9.67 Å². The number of carbonyl (C=O) groups is 1. The van der Waals surface area contributed by atoms with E-state index in [1.807, 2.05) is 35.7 Å². The maximum atomic E-state index is 11.0. The topological polar surface area (TPSA) is 42.2 Å². The smallest absolute Gasteiger partial charge is 0.307 e. The summed E-state index contributed by atoms with van der Waals surface area (Å²) < 4.78 is 2.15. The fourth-order valence-electron chi connectivity index (χ4n) is 2.62. The molecule has 0 bridgehead atoms. The lowest BCUT2D eigenvalue weighted by molar-refractivity contribution is -0.136. The predicted octanol–water partition coefficient (Wildman–Crippen LogP) is 3.94. The number of fused-ring (bicyclic) bond motifs is 1. The summed E-state index contributed by atoms with van der Waals surface area (Å²) in [6.07, 6.45) is 3.10. The molecule has 0 aliphatic heterocycles. The second kappa shape index (κ2) is 5.74. The van der Waals surface area contributed by atoms with Crippen LogP contribution < -0.4 is 0 Å². The molecule has 0 saturated heterocycles. The van der Waals surface area contributed by atoms with Crippen LogP contribution in [0, 0.1) is 0 Å². The molecular formula is C17H17NO2S. The SMILES string of the molecule is CCc1ccc(Cn2cc(CC(=O)O)c3ccccc32)s1. The first-order valence-electron chi connectivity index (χ1n) is 7.03. The van der Waals surface area contributed by atoms with Crippen molar-refractivity contribution < 1.29 is 9.90 Å². The zero-order chi connectivity index (χ0) is 14.8. The Labute approximate surface area is 127 Å². The molecule has 0 aliphatic carbocycles. The van der Waals surface area contributed by atoms with Crippen molar-refractivity contribution >= 4 is 28.2 Å². The standard InChI is InChI=1S/C17H17NO2S/c1-2-13-7-8-14(21-13)11-18-10-12(9-17(19)20)15-5-3-4-6-16(15)18/h3-8,10H,2,9,11H2,1H3,(H,19,20). The third-order valence-corrected chi connectivity index (χ3v) is 4.82. The van der Waals surface area contributed by atoms with Gasteiger partial charge in [-0.25, -0.2) is 0 Å². The van der Waals surface area contributed by atoms with Crippen LogP contribution in [0.5, 0.6) is 0 Å². The fourth-order valence-corrected chi connectivity index (χ4v) is 3.58. The van der Waals surface area contributed by atoms with Crippen LogP contribution in [0.4, 0.5) is 0 Å². The van der Waals surface area contributed by atoms with Gasteiger partial charge in [0, 0.05) is 26.9 Å². The second-order valence-electron chi connectivity index (χ2n) is 5.09. The van der Waals surface area contributed by atoms with Gasteiger partial charge in [-0.3, -0.25) is 4.79 Å². The number of nitrogens with zero attached hydrogens (tertiary/aromatic N) is 1. The van der Waals surface area contributed by atoms with Crippen molar-refractivity contribution in [3.05, 3.63) is 57.9 Å². The minimum Gasteiger partial charge on any atom is -0.481 e. The van der Waals surface area contributed by atoms with Crippen LogP contribution in [-0.4, -0.2) is 15.6 Å². The normalized spacial score (nSPS) is 11.1. The van der Waals surface area contributed by atoms with Crippen molar-refractivity contribution in [2.45, 2.75) is 26.3 Å². The zero-order valence-electron chi connectivity index (χ0n) is 11.9. The molecule has 1 aromatic carbocycles. The molecule has 2 heterocycles.